The summed E-state index contributed by atoms with van der Waals surface area (Å²) in [6.45, 7) is 1.82. The number of nitrogens with one attached hydrogen (secondary N) is 1. The summed E-state index contributed by atoms with van der Waals surface area (Å²) in [6, 6.07) is 1.25. The van der Waals surface area contributed by atoms with Crippen molar-refractivity contribution in [2.45, 2.75) is 24.5 Å². The SMILES string of the molecule is Cc1nnc(NC(=O)C[C@H]2CSc3nccc(=O)n32)s1. The maximum Gasteiger partial charge on any atom is 0.254 e. The second-order valence-corrected chi connectivity index (χ2v) is 6.45. The molecule has 20 heavy (non-hydrogen) atoms. The first-order valence-electron chi connectivity index (χ1n) is 5.94. The van der Waals surface area contributed by atoms with E-state index in [1.165, 1.54) is 35.4 Å². The van der Waals surface area contributed by atoms with Gasteiger partial charge in [0.15, 0.2) is 5.16 Å². The van der Waals surface area contributed by atoms with Crippen molar-refractivity contribution in [3.8, 4) is 0 Å². The van der Waals surface area contributed by atoms with Gasteiger partial charge in [0.25, 0.3) is 5.56 Å². The summed E-state index contributed by atoms with van der Waals surface area (Å²) < 4.78 is 1.58. The van der Waals surface area contributed by atoms with E-state index in [9.17, 15) is 9.59 Å². The summed E-state index contributed by atoms with van der Waals surface area (Å²) in [4.78, 5) is 27.9. The van der Waals surface area contributed by atoms with Crippen LogP contribution in [0.2, 0.25) is 0 Å². The molecule has 0 bridgehead atoms. The van der Waals surface area contributed by atoms with Crippen molar-refractivity contribution in [3.05, 3.63) is 27.6 Å². The van der Waals surface area contributed by atoms with Gasteiger partial charge in [-0.05, 0) is 6.92 Å². The number of anilines is 1. The molecule has 104 valence electrons. The molecule has 2 aromatic heterocycles. The Hall–Kier alpha value is -1.74. The molecule has 1 aliphatic rings. The van der Waals surface area contributed by atoms with Crippen LogP contribution in [-0.4, -0.2) is 31.4 Å². The molecule has 9 heteroatoms. The lowest BCUT2D eigenvalue weighted by Gasteiger charge is -2.11. The van der Waals surface area contributed by atoms with E-state index < -0.39 is 0 Å². The molecule has 3 rings (SSSR count). The monoisotopic (exact) mass is 309 g/mol. The average molecular weight is 309 g/mol. The molecule has 0 aromatic carbocycles. The van der Waals surface area contributed by atoms with E-state index in [-0.39, 0.29) is 23.9 Å². The second kappa shape index (κ2) is 5.33. The molecule has 0 unspecified atom stereocenters. The number of thioether (sulfide) groups is 1. The highest BCUT2D eigenvalue weighted by molar-refractivity contribution is 7.99. The third kappa shape index (κ3) is 2.59. The summed E-state index contributed by atoms with van der Waals surface area (Å²) in [5.74, 6) is 0.504. The van der Waals surface area contributed by atoms with Crippen molar-refractivity contribution in [2.75, 3.05) is 11.1 Å². The number of carbonyl (C=O) groups is 1. The fraction of sp³-hybridized carbons (Fsp3) is 0.364. The lowest BCUT2D eigenvalue weighted by Crippen LogP contribution is -2.26. The second-order valence-electron chi connectivity index (χ2n) is 4.28. The molecule has 1 atom stereocenters. The summed E-state index contributed by atoms with van der Waals surface area (Å²) in [7, 11) is 0. The van der Waals surface area contributed by atoms with Gasteiger partial charge < -0.3 is 5.32 Å². The van der Waals surface area contributed by atoms with Crippen molar-refractivity contribution < 1.29 is 4.79 Å². The Labute approximate surface area is 122 Å². The number of aryl methyl sites for hydroxylation is 1. The Morgan fingerprint density at radius 2 is 2.40 bits per heavy atom. The van der Waals surface area contributed by atoms with E-state index in [0.29, 0.717) is 16.0 Å². The van der Waals surface area contributed by atoms with Crippen molar-refractivity contribution in [1.82, 2.24) is 19.7 Å². The van der Waals surface area contributed by atoms with E-state index in [4.69, 9.17) is 0 Å². The van der Waals surface area contributed by atoms with Gasteiger partial charge in [0, 0.05) is 24.4 Å². The Kier molecular flexibility index (Phi) is 3.53. The fourth-order valence-corrected chi connectivity index (χ4v) is 3.70. The van der Waals surface area contributed by atoms with Crippen LogP contribution in [0, 0.1) is 6.92 Å². The van der Waals surface area contributed by atoms with Gasteiger partial charge in [0.05, 0.1) is 6.04 Å². The van der Waals surface area contributed by atoms with Crippen LogP contribution in [0.4, 0.5) is 5.13 Å². The first kappa shape index (κ1) is 13.3. The van der Waals surface area contributed by atoms with Gasteiger partial charge >= 0.3 is 0 Å². The first-order chi connectivity index (χ1) is 9.63. The Morgan fingerprint density at radius 1 is 1.55 bits per heavy atom. The van der Waals surface area contributed by atoms with Gasteiger partial charge in [-0.15, -0.1) is 10.2 Å². The molecule has 7 nitrogen and oxygen atoms in total. The minimum Gasteiger partial charge on any atom is -0.300 e. The number of nitrogens with zero attached hydrogens (tertiary/aromatic N) is 4. The Bertz CT molecular complexity index is 711. The molecule has 0 fully saturated rings. The van der Waals surface area contributed by atoms with Gasteiger partial charge in [0.2, 0.25) is 11.0 Å². The lowest BCUT2D eigenvalue weighted by atomic mass is 10.2. The minimum absolute atomic E-state index is 0.121. The van der Waals surface area contributed by atoms with Crippen LogP contribution in [0.1, 0.15) is 17.5 Å². The number of carbonyl (C=O) groups excluding carboxylic acids is 1. The lowest BCUT2D eigenvalue weighted by molar-refractivity contribution is -0.116. The standard InChI is InChI=1S/C11H11N5O2S2/c1-6-14-15-10(20-6)13-8(17)4-7-5-19-11-12-3-2-9(18)16(7)11/h2-3,7H,4-5H2,1H3,(H,13,15,17)/t7-/m0/s1. The summed E-state index contributed by atoms with van der Waals surface area (Å²) in [6.07, 6.45) is 1.72. The zero-order valence-electron chi connectivity index (χ0n) is 10.6. The van der Waals surface area contributed by atoms with Gasteiger partial charge in [-0.3, -0.25) is 14.2 Å². The van der Waals surface area contributed by atoms with Crippen molar-refractivity contribution in [1.29, 1.82) is 0 Å². The van der Waals surface area contributed by atoms with Gasteiger partial charge in [-0.1, -0.05) is 23.1 Å². The maximum atomic E-state index is 12.0. The maximum absolute atomic E-state index is 12.0. The molecule has 2 aromatic rings. The molecule has 1 N–H and O–H groups in total. The third-order valence-electron chi connectivity index (χ3n) is 2.81. The predicted molar refractivity (Wildman–Crippen MR) is 76.2 cm³/mol. The van der Waals surface area contributed by atoms with Crippen LogP contribution in [0.5, 0.6) is 0 Å². The summed E-state index contributed by atoms with van der Waals surface area (Å²) in [5.41, 5.74) is -0.121. The van der Waals surface area contributed by atoms with E-state index in [0.717, 1.165) is 5.01 Å². The molecule has 0 spiro atoms. The molecule has 1 aliphatic heterocycles. The van der Waals surface area contributed by atoms with Crippen LogP contribution < -0.4 is 10.9 Å². The van der Waals surface area contributed by atoms with Gasteiger partial charge in [-0.2, -0.15) is 0 Å². The summed E-state index contributed by atoms with van der Waals surface area (Å²) >= 11 is 2.81. The van der Waals surface area contributed by atoms with Gasteiger partial charge in [-0.25, -0.2) is 4.98 Å². The van der Waals surface area contributed by atoms with Crippen molar-refractivity contribution in [3.63, 3.8) is 0 Å². The number of amides is 1. The molecule has 1 amide bonds. The first-order valence-corrected chi connectivity index (χ1v) is 7.74. The fourth-order valence-electron chi connectivity index (χ4n) is 1.97. The normalized spacial score (nSPS) is 16.9. The quantitative estimate of drug-likeness (QED) is 0.853. The number of aromatic nitrogens is 4. The van der Waals surface area contributed by atoms with E-state index in [1.54, 1.807) is 4.57 Å². The molecule has 0 saturated heterocycles. The number of fused-ring (bicyclic) bond motifs is 1. The van der Waals surface area contributed by atoms with Crippen molar-refractivity contribution in [2.24, 2.45) is 0 Å². The van der Waals surface area contributed by atoms with Crippen LogP contribution in [-0.2, 0) is 4.79 Å². The number of hydrogen-bond donors (Lipinski definition) is 1. The topological polar surface area (TPSA) is 89.8 Å². The number of rotatable bonds is 3. The Balaban J connectivity index is 1.71. The molecule has 0 saturated carbocycles. The smallest absolute Gasteiger partial charge is 0.254 e. The summed E-state index contributed by atoms with van der Waals surface area (Å²) in [5, 5.41) is 12.3. The highest BCUT2D eigenvalue weighted by Crippen LogP contribution is 2.31. The highest BCUT2D eigenvalue weighted by Gasteiger charge is 2.26. The van der Waals surface area contributed by atoms with Crippen LogP contribution in [0.25, 0.3) is 0 Å². The van der Waals surface area contributed by atoms with E-state index >= 15 is 0 Å². The van der Waals surface area contributed by atoms with Gasteiger partial charge in [0.1, 0.15) is 5.01 Å². The molecule has 3 heterocycles. The van der Waals surface area contributed by atoms with Crippen LogP contribution >= 0.6 is 23.1 Å². The predicted octanol–water partition coefficient (Wildman–Crippen LogP) is 1.08. The number of hydrogen-bond acceptors (Lipinski definition) is 7. The zero-order valence-corrected chi connectivity index (χ0v) is 12.2. The van der Waals surface area contributed by atoms with Crippen LogP contribution in [0.15, 0.2) is 22.2 Å². The highest BCUT2D eigenvalue weighted by atomic mass is 32.2. The van der Waals surface area contributed by atoms with Crippen molar-refractivity contribution >= 4 is 34.1 Å². The molecule has 0 aliphatic carbocycles. The van der Waals surface area contributed by atoms with E-state index in [1.807, 2.05) is 6.92 Å². The third-order valence-corrected chi connectivity index (χ3v) is 4.67. The van der Waals surface area contributed by atoms with Crippen LogP contribution in [0.3, 0.4) is 0 Å². The van der Waals surface area contributed by atoms with E-state index in [2.05, 4.69) is 20.5 Å². The Morgan fingerprint density at radius 3 is 3.15 bits per heavy atom. The minimum atomic E-state index is -0.171. The molecular formula is C11H11N5O2S2. The average Bonchev–Trinajstić information content (AvgIpc) is 2.97. The molecular weight excluding hydrogens is 298 g/mol. The zero-order chi connectivity index (χ0) is 14.1. The largest absolute Gasteiger partial charge is 0.300 e. The molecule has 0 radical (unpaired) electrons.